The number of nitroso groups, excluding NO2 is 1. The van der Waals surface area contributed by atoms with Crippen LogP contribution in [-0.4, -0.2) is 8.42 Å². The highest BCUT2D eigenvalue weighted by molar-refractivity contribution is 7.91. The normalized spacial score (nSPS) is 11.7. The summed E-state index contributed by atoms with van der Waals surface area (Å²) in [5.74, 6) is 1.19. The van der Waals surface area contributed by atoms with Crippen LogP contribution in [0.5, 0.6) is 11.5 Å². The second-order valence-electron chi connectivity index (χ2n) is 8.18. The number of hydrogen-bond donors (Lipinski definition) is 0. The molecular weight excluding hydrogens is 434 g/mol. The minimum absolute atomic E-state index is 0.0974. The lowest BCUT2D eigenvalue weighted by molar-refractivity contribution is 0.481. The molecule has 4 aromatic carbocycles. The van der Waals surface area contributed by atoms with Crippen molar-refractivity contribution in [3.8, 4) is 11.5 Å². The average Bonchev–Trinajstić information content (AvgIpc) is 2.85. The molecule has 0 radical (unpaired) electrons. The summed E-state index contributed by atoms with van der Waals surface area (Å²) in [5, 5.41) is 2.79. The van der Waals surface area contributed by atoms with E-state index in [1.807, 2.05) is 42.5 Å². The molecule has 4 aromatic rings. The van der Waals surface area contributed by atoms with Crippen molar-refractivity contribution in [3.63, 3.8) is 0 Å². The van der Waals surface area contributed by atoms with Gasteiger partial charge in [0, 0.05) is 5.41 Å². The number of hydrogen-bond acceptors (Lipinski definition) is 5. The summed E-state index contributed by atoms with van der Waals surface area (Å²) in [6.45, 7) is 4.36. The standard InChI is InChI=1S/C27H23NO4S/c1-27(2,20-6-4-3-5-7-20)21-8-12-23(13-9-21)32-24-14-18-26(19-15-24)33(30,31)25-16-10-22(28-29)11-17-25/h3-19H,1-2H3. The molecule has 0 aliphatic carbocycles. The third-order valence-corrected chi connectivity index (χ3v) is 7.48. The van der Waals surface area contributed by atoms with Crippen LogP contribution in [0.15, 0.2) is 118 Å². The third kappa shape index (κ3) is 4.71. The molecule has 166 valence electrons. The molecule has 0 bridgehead atoms. The Kier molecular flexibility index (Phi) is 6.11. The Bertz CT molecular complexity index is 1340. The van der Waals surface area contributed by atoms with Crippen molar-refractivity contribution in [1.82, 2.24) is 0 Å². The first-order valence-electron chi connectivity index (χ1n) is 10.4. The summed E-state index contributed by atoms with van der Waals surface area (Å²) < 4.78 is 31.5. The van der Waals surface area contributed by atoms with Crippen molar-refractivity contribution in [2.24, 2.45) is 5.18 Å². The van der Waals surface area contributed by atoms with Crippen LogP contribution < -0.4 is 4.74 Å². The molecule has 0 N–H and O–H groups in total. The van der Waals surface area contributed by atoms with Crippen LogP contribution >= 0.6 is 0 Å². The zero-order valence-corrected chi connectivity index (χ0v) is 19.1. The van der Waals surface area contributed by atoms with Crippen molar-refractivity contribution >= 4 is 15.5 Å². The lowest BCUT2D eigenvalue weighted by Gasteiger charge is -2.26. The van der Waals surface area contributed by atoms with Gasteiger partial charge in [0.2, 0.25) is 9.84 Å². The zero-order chi connectivity index (χ0) is 23.5. The summed E-state index contributed by atoms with van der Waals surface area (Å²) >= 11 is 0. The molecule has 0 aromatic heterocycles. The largest absolute Gasteiger partial charge is 0.457 e. The number of ether oxygens (including phenoxy) is 1. The predicted octanol–water partition coefficient (Wildman–Crippen LogP) is 7.04. The number of sulfone groups is 1. The van der Waals surface area contributed by atoms with Crippen LogP contribution in [0.4, 0.5) is 5.69 Å². The van der Waals surface area contributed by atoms with Crippen molar-refractivity contribution in [3.05, 3.63) is 119 Å². The second kappa shape index (κ2) is 9.00. The molecule has 0 atom stereocenters. The van der Waals surface area contributed by atoms with Gasteiger partial charge >= 0.3 is 0 Å². The third-order valence-electron chi connectivity index (χ3n) is 5.69. The Hall–Kier alpha value is -3.77. The van der Waals surface area contributed by atoms with Gasteiger partial charge in [-0.1, -0.05) is 56.3 Å². The van der Waals surface area contributed by atoms with Gasteiger partial charge in [-0.15, -0.1) is 4.91 Å². The minimum atomic E-state index is -3.70. The highest BCUT2D eigenvalue weighted by Gasteiger charge is 2.23. The molecule has 33 heavy (non-hydrogen) atoms. The molecule has 0 aliphatic rings. The first-order chi connectivity index (χ1) is 15.8. The Labute approximate surface area is 193 Å². The smallest absolute Gasteiger partial charge is 0.206 e. The van der Waals surface area contributed by atoms with E-state index in [1.54, 1.807) is 12.1 Å². The molecule has 0 saturated carbocycles. The molecule has 0 aliphatic heterocycles. The molecule has 0 unspecified atom stereocenters. The van der Waals surface area contributed by atoms with Gasteiger partial charge in [-0.3, -0.25) is 0 Å². The van der Waals surface area contributed by atoms with Gasteiger partial charge in [0.25, 0.3) is 0 Å². The first-order valence-corrected chi connectivity index (χ1v) is 11.9. The molecule has 5 nitrogen and oxygen atoms in total. The highest BCUT2D eigenvalue weighted by Crippen LogP contribution is 2.33. The van der Waals surface area contributed by atoms with Crippen LogP contribution in [0.3, 0.4) is 0 Å². The second-order valence-corrected chi connectivity index (χ2v) is 10.1. The van der Waals surface area contributed by atoms with E-state index in [4.69, 9.17) is 4.74 Å². The monoisotopic (exact) mass is 457 g/mol. The fourth-order valence-electron chi connectivity index (χ4n) is 3.61. The number of nitrogens with zero attached hydrogens (tertiary/aromatic N) is 1. The van der Waals surface area contributed by atoms with Gasteiger partial charge in [-0.05, 0) is 77.0 Å². The van der Waals surface area contributed by atoms with Gasteiger partial charge in [0.05, 0.1) is 9.79 Å². The Morgan fingerprint density at radius 2 is 1.09 bits per heavy atom. The summed E-state index contributed by atoms with van der Waals surface area (Å²) in [4.78, 5) is 10.8. The van der Waals surface area contributed by atoms with Gasteiger partial charge in [0.15, 0.2) is 0 Å². The molecule has 0 amide bonds. The van der Waals surface area contributed by atoms with E-state index in [1.165, 1.54) is 47.5 Å². The summed E-state index contributed by atoms with van der Waals surface area (Å²) in [6.07, 6.45) is 0. The van der Waals surface area contributed by atoms with E-state index in [-0.39, 0.29) is 20.9 Å². The Morgan fingerprint density at radius 1 is 0.636 bits per heavy atom. The van der Waals surface area contributed by atoms with Crippen LogP contribution in [0.1, 0.15) is 25.0 Å². The van der Waals surface area contributed by atoms with E-state index in [0.29, 0.717) is 11.5 Å². The maximum atomic E-state index is 12.8. The molecule has 0 fully saturated rings. The molecule has 6 heteroatoms. The van der Waals surface area contributed by atoms with Crippen molar-refractivity contribution in [2.45, 2.75) is 29.1 Å². The van der Waals surface area contributed by atoms with Crippen LogP contribution in [0, 0.1) is 4.91 Å². The lowest BCUT2D eigenvalue weighted by Crippen LogP contribution is -2.18. The van der Waals surface area contributed by atoms with Gasteiger partial charge in [-0.2, -0.15) is 0 Å². The quantitative estimate of drug-likeness (QED) is 0.279. The average molecular weight is 458 g/mol. The summed E-state index contributed by atoms with van der Waals surface area (Å²) in [7, 11) is -3.70. The van der Waals surface area contributed by atoms with Crippen molar-refractivity contribution in [2.75, 3.05) is 0 Å². The molecule has 0 saturated heterocycles. The van der Waals surface area contributed by atoms with Crippen LogP contribution in [0.2, 0.25) is 0 Å². The van der Waals surface area contributed by atoms with Gasteiger partial charge in [0.1, 0.15) is 17.2 Å². The number of rotatable bonds is 7. The maximum absolute atomic E-state index is 12.8. The minimum Gasteiger partial charge on any atom is -0.457 e. The number of benzene rings is 4. The summed E-state index contributed by atoms with van der Waals surface area (Å²) in [5.41, 5.74) is 2.43. The zero-order valence-electron chi connectivity index (χ0n) is 18.3. The van der Waals surface area contributed by atoms with Crippen LogP contribution in [0.25, 0.3) is 0 Å². The SMILES string of the molecule is CC(C)(c1ccccc1)c1ccc(Oc2ccc(S(=O)(=O)c3ccc(N=O)cc3)cc2)cc1. The maximum Gasteiger partial charge on any atom is 0.206 e. The molecular formula is C27H23NO4S. The van der Waals surface area contributed by atoms with Crippen LogP contribution in [-0.2, 0) is 15.3 Å². The Morgan fingerprint density at radius 3 is 1.61 bits per heavy atom. The van der Waals surface area contributed by atoms with Gasteiger partial charge < -0.3 is 4.74 Å². The van der Waals surface area contributed by atoms with Gasteiger partial charge in [-0.25, -0.2) is 8.42 Å². The van der Waals surface area contributed by atoms with E-state index in [2.05, 4.69) is 31.2 Å². The van der Waals surface area contributed by atoms with E-state index in [0.717, 1.165) is 0 Å². The van der Waals surface area contributed by atoms with E-state index in [9.17, 15) is 13.3 Å². The lowest BCUT2D eigenvalue weighted by atomic mass is 9.78. The predicted molar refractivity (Wildman–Crippen MR) is 129 cm³/mol. The van der Waals surface area contributed by atoms with Crippen molar-refractivity contribution in [1.29, 1.82) is 0 Å². The summed E-state index contributed by atoms with van der Waals surface area (Å²) in [6, 6.07) is 30.0. The topological polar surface area (TPSA) is 72.8 Å². The fourth-order valence-corrected chi connectivity index (χ4v) is 4.87. The molecule has 4 rings (SSSR count). The molecule has 0 spiro atoms. The first kappa shape index (κ1) is 22.4. The van der Waals surface area contributed by atoms with Crippen molar-refractivity contribution < 1.29 is 13.2 Å². The highest BCUT2D eigenvalue weighted by atomic mass is 32.2. The Balaban J connectivity index is 1.49. The van der Waals surface area contributed by atoms with E-state index >= 15 is 0 Å². The van der Waals surface area contributed by atoms with E-state index < -0.39 is 9.84 Å². The molecule has 0 heterocycles. The fraction of sp³-hybridized carbons (Fsp3) is 0.111.